The Hall–Kier alpha value is -2.39. The van der Waals surface area contributed by atoms with Gasteiger partial charge >= 0.3 is 12.1 Å². The van der Waals surface area contributed by atoms with Gasteiger partial charge in [0, 0.05) is 11.6 Å². The fourth-order valence-corrected chi connectivity index (χ4v) is 5.35. The molecular formula is C19H16F3NO5. The fourth-order valence-electron chi connectivity index (χ4n) is 5.35. The van der Waals surface area contributed by atoms with Crippen molar-refractivity contribution in [3.63, 3.8) is 0 Å². The van der Waals surface area contributed by atoms with E-state index in [-0.39, 0.29) is 17.6 Å². The normalized spacial score (nSPS) is 35.4. The van der Waals surface area contributed by atoms with E-state index in [2.05, 4.69) is 4.74 Å². The Morgan fingerprint density at radius 2 is 2.14 bits per heavy atom. The number of benzene rings is 1. The van der Waals surface area contributed by atoms with Crippen LogP contribution in [0.3, 0.4) is 0 Å². The molecule has 6 nitrogen and oxygen atoms in total. The van der Waals surface area contributed by atoms with Gasteiger partial charge in [-0.3, -0.25) is 9.69 Å². The summed E-state index contributed by atoms with van der Waals surface area (Å²) in [6.07, 6.45) is -2.66. The van der Waals surface area contributed by atoms with Crippen molar-refractivity contribution in [1.82, 2.24) is 4.90 Å². The first kappa shape index (κ1) is 17.7. The highest BCUT2D eigenvalue weighted by Gasteiger charge is 2.71. The maximum absolute atomic E-state index is 12.7. The number of esters is 1. The van der Waals surface area contributed by atoms with Crippen LogP contribution in [0.4, 0.5) is 13.2 Å². The van der Waals surface area contributed by atoms with Crippen LogP contribution in [-0.2, 0) is 21.4 Å². The first-order valence-electron chi connectivity index (χ1n) is 8.87. The van der Waals surface area contributed by atoms with Crippen LogP contribution in [0.1, 0.15) is 17.5 Å². The molecule has 2 aliphatic carbocycles. The Kier molecular flexibility index (Phi) is 3.25. The zero-order chi connectivity index (χ0) is 20.1. The number of alkyl halides is 3. The molecule has 9 heteroatoms. The van der Waals surface area contributed by atoms with Gasteiger partial charge in [-0.25, -0.2) is 4.79 Å². The standard InChI is InChI=1S/C19H16F3NO5/c1-23-7-6-17-13-9-2-3-11(27-16(25)19(20,21)22)14(13)28-15(17)10(24)4-5-18(17,26)12(23)8-9/h2-5,12,15,26H,6-8H2,1H3/t12?,15-,17-,18?/m0/s1. The highest BCUT2D eigenvalue weighted by molar-refractivity contribution is 5.99. The van der Waals surface area contributed by atoms with Crippen LogP contribution in [-0.4, -0.2) is 59.3 Å². The molecule has 0 amide bonds. The minimum atomic E-state index is -5.16. The molecular weight excluding hydrogens is 379 g/mol. The van der Waals surface area contributed by atoms with Gasteiger partial charge in [-0.05, 0) is 50.2 Å². The number of piperidine rings is 1. The van der Waals surface area contributed by atoms with E-state index in [9.17, 15) is 27.9 Å². The lowest BCUT2D eigenvalue weighted by atomic mass is 9.51. The van der Waals surface area contributed by atoms with Gasteiger partial charge in [-0.2, -0.15) is 13.2 Å². The minimum Gasteiger partial charge on any atom is -0.477 e. The van der Waals surface area contributed by atoms with Crippen LogP contribution >= 0.6 is 0 Å². The van der Waals surface area contributed by atoms with Crippen molar-refractivity contribution in [3.05, 3.63) is 35.4 Å². The molecule has 2 bridgehead atoms. The number of hydrogen-bond donors (Lipinski definition) is 1. The predicted molar refractivity (Wildman–Crippen MR) is 88.1 cm³/mol. The smallest absolute Gasteiger partial charge is 0.477 e. The predicted octanol–water partition coefficient (Wildman–Crippen LogP) is 1.28. The minimum absolute atomic E-state index is 0.0569. The number of nitrogens with zero attached hydrogens (tertiary/aromatic N) is 1. The van der Waals surface area contributed by atoms with E-state index in [1.807, 2.05) is 11.9 Å². The number of carbonyl (C=O) groups excluding carboxylic acids is 2. The number of aliphatic hydroxyl groups is 1. The number of halogens is 3. The molecule has 4 atom stereocenters. The molecule has 1 fully saturated rings. The SMILES string of the molecule is CN1CC[C@]23c4c5ccc(OC(=O)C(F)(F)F)c4O[C@H]2C(=O)C=CC3(O)C1C5. The van der Waals surface area contributed by atoms with E-state index in [1.165, 1.54) is 18.2 Å². The monoisotopic (exact) mass is 395 g/mol. The largest absolute Gasteiger partial charge is 0.491 e. The molecule has 2 aliphatic heterocycles. The Morgan fingerprint density at radius 3 is 2.86 bits per heavy atom. The van der Waals surface area contributed by atoms with E-state index >= 15 is 0 Å². The lowest BCUT2D eigenvalue weighted by Gasteiger charge is -2.60. The third kappa shape index (κ3) is 1.90. The summed E-state index contributed by atoms with van der Waals surface area (Å²) >= 11 is 0. The van der Waals surface area contributed by atoms with E-state index in [4.69, 9.17) is 4.74 Å². The van der Waals surface area contributed by atoms with E-state index in [0.29, 0.717) is 24.9 Å². The van der Waals surface area contributed by atoms with Crippen molar-refractivity contribution >= 4 is 11.8 Å². The molecule has 1 spiro atoms. The molecule has 1 N–H and O–H groups in total. The number of ketones is 1. The van der Waals surface area contributed by atoms with Crippen LogP contribution < -0.4 is 9.47 Å². The van der Waals surface area contributed by atoms with Crippen LogP contribution in [0.15, 0.2) is 24.3 Å². The van der Waals surface area contributed by atoms with Gasteiger partial charge in [0.15, 0.2) is 23.4 Å². The highest BCUT2D eigenvalue weighted by Crippen LogP contribution is 2.63. The van der Waals surface area contributed by atoms with Crippen molar-refractivity contribution in [2.75, 3.05) is 13.6 Å². The van der Waals surface area contributed by atoms with Gasteiger partial charge in [-0.1, -0.05) is 6.07 Å². The third-order valence-corrected chi connectivity index (χ3v) is 6.56. The molecule has 5 rings (SSSR count). The van der Waals surface area contributed by atoms with Crippen LogP contribution in [0.5, 0.6) is 11.5 Å². The summed E-state index contributed by atoms with van der Waals surface area (Å²) in [5.41, 5.74) is -1.27. The molecule has 2 unspecified atom stereocenters. The van der Waals surface area contributed by atoms with Crippen LogP contribution in [0.2, 0.25) is 0 Å². The van der Waals surface area contributed by atoms with Gasteiger partial charge in [0.25, 0.3) is 0 Å². The van der Waals surface area contributed by atoms with Crippen LogP contribution in [0, 0.1) is 0 Å². The third-order valence-electron chi connectivity index (χ3n) is 6.56. The van der Waals surface area contributed by atoms with Crippen molar-refractivity contribution in [3.8, 4) is 11.5 Å². The van der Waals surface area contributed by atoms with E-state index in [0.717, 1.165) is 5.56 Å². The number of rotatable bonds is 1. The summed E-state index contributed by atoms with van der Waals surface area (Å²) in [5.74, 6) is -3.18. The summed E-state index contributed by atoms with van der Waals surface area (Å²) in [5, 5.41) is 11.7. The first-order chi connectivity index (χ1) is 13.1. The van der Waals surface area contributed by atoms with Gasteiger partial charge in [0.05, 0.1) is 5.41 Å². The lowest BCUT2D eigenvalue weighted by molar-refractivity contribution is -0.189. The second kappa shape index (κ2) is 5.15. The quantitative estimate of drug-likeness (QED) is 0.571. The Labute approximate surface area is 157 Å². The molecule has 28 heavy (non-hydrogen) atoms. The summed E-state index contributed by atoms with van der Waals surface area (Å²) < 4.78 is 48.4. The summed E-state index contributed by atoms with van der Waals surface area (Å²) in [4.78, 5) is 26.0. The van der Waals surface area contributed by atoms with Crippen molar-refractivity contribution in [2.45, 2.75) is 42.2 Å². The molecule has 0 radical (unpaired) electrons. The Morgan fingerprint density at radius 1 is 1.39 bits per heavy atom. The number of hydrogen-bond acceptors (Lipinski definition) is 6. The van der Waals surface area contributed by atoms with Gasteiger partial charge < -0.3 is 14.6 Å². The van der Waals surface area contributed by atoms with Crippen molar-refractivity contribution in [2.24, 2.45) is 0 Å². The van der Waals surface area contributed by atoms with E-state index < -0.39 is 35.0 Å². The number of ether oxygens (including phenoxy) is 2. The van der Waals surface area contributed by atoms with Crippen LogP contribution in [0.25, 0.3) is 0 Å². The van der Waals surface area contributed by atoms with Gasteiger partial charge in [0.1, 0.15) is 5.60 Å². The molecule has 4 aliphatic rings. The fraction of sp³-hybridized carbons (Fsp3) is 0.474. The second-order valence-corrected chi connectivity index (χ2v) is 7.80. The van der Waals surface area contributed by atoms with E-state index in [1.54, 1.807) is 6.07 Å². The zero-order valence-electron chi connectivity index (χ0n) is 14.7. The van der Waals surface area contributed by atoms with Gasteiger partial charge in [0.2, 0.25) is 0 Å². The number of likely N-dealkylation sites (tertiary alicyclic amines) is 1. The molecule has 1 saturated heterocycles. The molecule has 0 saturated carbocycles. The Bertz CT molecular complexity index is 958. The number of likely N-dealkylation sites (N-methyl/N-ethyl adjacent to an activating group) is 1. The first-order valence-corrected chi connectivity index (χ1v) is 8.87. The molecule has 0 aromatic heterocycles. The second-order valence-electron chi connectivity index (χ2n) is 7.80. The number of carbonyl (C=O) groups is 2. The summed E-state index contributed by atoms with van der Waals surface area (Å²) in [6.45, 7) is 0.583. The lowest BCUT2D eigenvalue weighted by Crippen LogP contribution is -2.74. The van der Waals surface area contributed by atoms with Crippen molar-refractivity contribution < 1.29 is 37.3 Å². The Balaban J connectivity index is 1.72. The summed E-state index contributed by atoms with van der Waals surface area (Å²) in [6, 6.07) is 2.53. The van der Waals surface area contributed by atoms with Gasteiger partial charge in [-0.15, -0.1) is 0 Å². The zero-order valence-corrected chi connectivity index (χ0v) is 14.7. The van der Waals surface area contributed by atoms with Crippen molar-refractivity contribution in [1.29, 1.82) is 0 Å². The average Bonchev–Trinajstić information content (AvgIpc) is 2.97. The molecule has 2 heterocycles. The summed E-state index contributed by atoms with van der Waals surface area (Å²) in [7, 11) is 1.88. The molecule has 1 aromatic carbocycles. The highest BCUT2D eigenvalue weighted by atomic mass is 19.4. The topological polar surface area (TPSA) is 76.1 Å². The molecule has 148 valence electrons. The molecule has 1 aromatic rings. The average molecular weight is 395 g/mol. The maximum Gasteiger partial charge on any atom is 0.491 e. The maximum atomic E-state index is 12.7.